The topological polar surface area (TPSA) is 96.3 Å². The van der Waals surface area contributed by atoms with Crippen molar-refractivity contribution in [3.8, 4) is 22.5 Å². The van der Waals surface area contributed by atoms with Crippen LogP contribution >= 0.6 is 0 Å². The molecule has 2 heterocycles. The van der Waals surface area contributed by atoms with Crippen LogP contribution in [0, 0.1) is 0 Å². The number of H-pyrrole nitrogens is 1. The first-order valence-corrected chi connectivity index (χ1v) is 12.3. The molecule has 1 aromatic heterocycles. The maximum Gasteiger partial charge on any atom is 0.439 e. The molecular weight excluding hydrogens is 495 g/mol. The monoisotopic (exact) mass is 515 g/mol. The molecule has 0 spiro atoms. The van der Waals surface area contributed by atoms with Crippen molar-refractivity contribution in [3.63, 3.8) is 0 Å². The Bertz CT molecular complexity index is 1600. The Hall–Kier alpha value is -3.86. The van der Waals surface area contributed by atoms with E-state index in [2.05, 4.69) is 14.7 Å². The Morgan fingerprint density at radius 1 is 0.944 bits per heavy atom. The van der Waals surface area contributed by atoms with Crippen molar-refractivity contribution in [1.29, 1.82) is 0 Å². The van der Waals surface area contributed by atoms with Gasteiger partial charge in [0.25, 0.3) is 10.0 Å². The molecule has 1 aliphatic rings. The highest BCUT2D eigenvalue weighted by molar-refractivity contribution is 7.92. The van der Waals surface area contributed by atoms with Crippen LogP contribution in [0.3, 0.4) is 0 Å². The Morgan fingerprint density at radius 3 is 2.14 bits per heavy atom. The highest BCUT2D eigenvalue weighted by Gasteiger charge is 2.41. The lowest BCUT2D eigenvalue weighted by atomic mass is 9.85. The van der Waals surface area contributed by atoms with Gasteiger partial charge < -0.3 is 0 Å². The summed E-state index contributed by atoms with van der Waals surface area (Å²) < 4.78 is 71.7. The van der Waals surface area contributed by atoms with Crippen molar-refractivity contribution in [2.24, 2.45) is 0 Å². The van der Waals surface area contributed by atoms with Gasteiger partial charge in [-0.15, -0.1) is 0 Å². The molecule has 3 aromatic carbocycles. The van der Waals surface area contributed by atoms with Crippen LogP contribution in [-0.2, 0) is 21.6 Å². The number of aromatic amines is 1. The molecule has 7 nitrogen and oxygen atoms in total. The van der Waals surface area contributed by atoms with Gasteiger partial charge in [0.05, 0.1) is 16.1 Å². The maximum absolute atomic E-state index is 13.6. The van der Waals surface area contributed by atoms with E-state index in [0.29, 0.717) is 22.4 Å². The number of sulfonamides is 1. The molecule has 0 fully saturated rings. The van der Waals surface area contributed by atoms with Crippen LogP contribution in [0.1, 0.15) is 25.0 Å². The Balaban J connectivity index is 1.48. The van der Waals surface area contributed by atoms with Gasteiger partial charge in [0.15, 0.2) is 5.82 Å². The first-order valence-electron chi connectivity index (χ1n) is 10.9. The quantitative estimate of drug-likeness (QED) is 0.403. The minimum absolute atomic E-state index is 0.0626. The predicted molar refractivity (Wildman–Crippen MR) is 127 cm³/mol. The number of benzene rings is 3. The zero-order chi connectivity index (χ0) is 25.9. The van der Waals surface area contributed by atoms with Gasteiger partial charge in [-0.25, -0.2) is 13.2 Å². The number of aromatic nitrogens is 2. The van der Waals surface area contributed by atoms with E-state index < -0.39 is 32.9 Å². The van der Waals surface area contributed by atoms with Crippen molar-refractivity contribution in [2.45, 2.75) is 30.3 Å². The number of nitrogens with zero attached hydrogens (tertiary/aromatic N) is 2. The van der Waals surface area contributed by atoms with Gasteiger partial charge in [0.2, 0.25) is 0 Å². The second-order valence-electron chi connectivity index (χ2n) is 9.17. The van der Waals surface area contributed by atoms with Crippen molar-refractivity contribution in [2.75, 3.05) is 10.8 Å². The molecule has 11 heteroatoms. The minimum Gasteiger partial charge on any atom is -0.296 e. The van der Waals surface area contributed by atoms with Crippen LogP contribution in [0.15, 0.2) is 80.9 Å². The molecule has 0 amide bonds. The third-order valence-corrected chi connectivity index (χ3v) is 8.01. The van der Waals surface area contributed by atoms with Crippen LogP contribution in [-0.4, -0.2) is 25.1 Å². The average Bonchev–Trinajstić information content (AvgIpc) is 3.39. The van der Waals surface area contributed by atoms with Crippen molar-refractivity contribution in [1.82, 2.24) is 10.1 Å². The van der Waals surface area contributed by atoms with Crippen molar-refractivity contribution >= 4 is 15.7 Å². The summed E-state index contributed by atoms with van der Waals surface area (Å²) in [4.78, 5) is 13.7. The second kappa shape index (κ2) is 8.09. The standard InChI is InChI=1S/C25H20F3N3O4S/c1-24(2)14-31(36(33,34)19-10-5-16(6-11-19)22-29-23(32)35-30-22)21-12-7-17(13-20(21)24)15-3-8-18(9-4-15)25(26,27)28/h3-13H,14H2,1-2H3,(H,29,30,32). The third-order valence-electron chi connectivity index (χ3n) is 6.23. The number of halogens is 3. The van der Waals surface area contributed by atoms with Crippen LogP contribution in [0.2, 0.25) is 0 Å². The van der Waals surface area contributed by atoms with Crippen LogP contribution < -0.4 is 10.1 Å². The lowest BCUT2D eigenvalue weighted by molar-refractivity contribution is -0.137. The molecule has 0 unspecified atom stereocenters. The fraction of sp³-hybridized carbons (Fsp3) is 0.200. The lowest BCUT2D eigenvalue weighted by Crippen LogP contribution is -2.33. The van der Waals surface area contributed by atoms with Crippen LogP contribution in [0.5, 0.6) is 0 Å². The maximum atomic E-state index is 13.6. The van der Waals surface area contributed by atoms with Gasteiger partial charge >= 0.3 is 11.9 Å². The zero-order valence-corrected chi connectivity index (χ0v) is 19.9. The Kier molecular flexibility index (Phi) is 5.36. The molecule has 0 aliphatic carbocycles. The number of alkyl halides is 3. The summed E-state index contributed by atoms with van der Waals surface area (Å²) in [6.45, 7) is 4.03. The number of hydrogen-bond donors (Lipinski definition) is 1. The van der Waals surface area contributed by atoms with Gasteiger partial charge in [0, 0.05) is 17.5 Å². The molecule has 5 rings (SSSR count). The summed E-state index contributed by atoms with van der Waals surface area (Å²) in [6.07, 6.45) is -4.42. The summed E-state index contributed by atoms with van der Waals surface area (Å²) in [5.74, 6) is -0.527. The molecule has 4 aromatic rings. The third kappa shape index (κ3) is 4.09. The fourth-order valence-corrected chi connectivity index (χ4v) is 5.98. The normalized spacial score (nSPS) is 15.2. The van der Waals surface area contributed by atoms with E-state index in [9.17, 15) is 26.4 Å². The highest BCUT2D eigenvalue weighted by atomic mass is 32.2. The van der Waals surface area contributed by atoms with E-state index in [4.69, 9.17) is 0 Å². The zero-order valence-electron chi connectivity index (χ0n) is 19.1. The van der Waals surface area contributed by atoms with Gasteiger partial charge in [-0.05, 0) is 65.2 Å². The molecule has 0 bridgehead atoms. The van der Waals surface area contributed by atoms with E-state index in [1.807, 2.05) is 19.9 Å². The summed E-state index contributed by atoms with van der Waals surface area (Å²) in [5.41, 5.74) is 1.81. The highest BCUT2D eigenvalue weighted by Crippen LogP contribution is 2.45. The lowest BCUT2D eigenvalue weighted by Gasteiger charge is -2.22. The molecule has 1 N–H and O–H groups in total. The molecule has 186 valence electrons. The van der Waals surface area contributed by atoms with Gasteiger partial charge in [-0.2, -0.15) is 13.2 Å². The molecule has 0 saturated carbocycles. The largest absolute Gasteiger partial charge is 0.439 e. The van der Waals surface area contributed by atoms with E-state index in [1.165, 1.54) is 40.7 Å². The molecule has 0 atom stereocenters. The predicted octanol–water partition coefficient (Wildman–Crippen LogP) is 5.20. The van der Waals surface area contributed by atoms with E-state index in [1.54, 1.807) is 12.1 Å². The molecule has 36 heavy (non-hydrogen) atoms. The summed E-state index contributed by atoms with van der Waals surface area (Å²) >= 11 is 0. The molecule has 1 aliphatic heterocycles. The van der Waals surface area contributed by atoms with E-state index in [-0.39, 0.29) is 17.3 Å². The fourth-order valence-electron chi connectivity index (χ4n) is 4.34. The summed E-state index contributed by atoms with van der Waals surface area (Å²) in [7, 11) is -3.92. The van der Waals surface area contributed by atoms with Crippen molar-refractivity contribution in [3.05, 3.63) is 88.4 Å². The smallest absolute Gasteiger partial charge is 0.296 e. The summed E-state index contributed by atoms with van der Waals surface area (Å²) in [6, 6.07) is 16.0. The molecule has 0 saturated heterocycles. The number of fused-ring (bicyclic) bond motifs is 1. The van der Waals surface area contributed by atoms with Gasteiger partial charge in [0.1, 0.15) is 0 Å². The second-order valence-corrected chi connectivity index (χ2v) is 11.0. The molecule has 0 radical (unpaired) electrons. The van der Waals surface area contributed by atoms with E-state index in [0.717, 1.165) is 17.7 Å². The van der Waals surface area contributed by atoms with Crippen LogP contribution in [0.4, 0.5) is 18.9 Å². The number of anilines is 1. The minimum atomic E-state index is -4.42. The van der Waals surface area contributed by atoms with Gasteiger partial charge in [-0.1, -0.05) is 37.2 Å². The van der Waals surface area contributed by atoms with Gasteiger partial charge in [-0.3, -0.25) is 13.8 Å². The SMILES string of the molecule is CC1(C)CN(S(=O)(=O)c2ccc(-c3noc(=O)[nH]3)cc2)c2ccc(-c3ccc(C(F)(F)F)cc3)cc21. The Labute approximate surface area is 204 Å². The average molecular weight is 516 g/mol. The van der Waals surface area contributed by atoms with E-state index >= 15 is 0 Å². The summed E-state index contributed by atoms with van der Waals surface area (Å²) in [5, 5.41) is 3.60. The number of nitrogens with one attached hydrogen (secondary N) is 1. The number of hydrogen-bond acceptors (Lipinski definition) is 5. The Morgan fingerprint density at radius 2 is 1.56 bits per heavy atom. The first kappa shape index (κ1) is 23.9. The first-order chi connectivity index (χ1) is 16.9. The number of rotatable bonds is 4. The molecular formula is C25H20F3N3O4S. The van der Waals surface area contributed by atoms with Crippen LogP contribution in [0.25, 0.3) is 22.5 Å². The van der Waals surface area contributed by atoms with Crippen molar-refractivity contribution < 1.29 is 26.1 Å².